The van der Waals surface area contributed by atoms with Crippen LogP contribution in [-0.2, 0) is 14.0 Å². The lowest BCUT2D eigenvalue weighted by Gasteiger charge is -2.32. The first kappa shape index (κ1) is 17.2. The lowest BCUT2D eigenvalue weighted by atomic mass is 9.79. The molecule has 0 spiro atoms. The van der Waals surface area contributed by atoms with E-state index in [1.165, 1.54) is 7.11 Å². The zero-order chi connectivity index (χ0) is 17.5. The van der Waals surface area contributed by atoms with Gasteiger partial charge in [-0.15, -0.1) is 0 Å². The molecule has 24 heavy (non-hydrogen) atoms. The van der Waals surface area contributed by atoms with Gasteiger partial charge in [-0.1, -0.05) is 6.07 Å². The smallest absolute Gasteiger partial charge is 0.475 e. The molecule has 130 valence electrons. The van der Waals surface area contributed by atoms with Crippen LogP contribution in [-0.4, -0.2) is 42.5 Å². The van der Waals surface area contributed by atoms with Crippen molar-refractivity contribution in [2.75, 3.05) is 7.11 Å². The second kappa shape index (κ2) is 6.04. The molecule has 6 nitrogen and oxygen atoms in total. The van der Waals surface area contributed by atoms with Gasteiger partial charge >= 0.3 is 13.1 Å². The highest BCUT2D eigenvalue weighted by molar-refractivity contribution is 6.63. The van der Waals surface area contributed by atoms with Gasteiger partial charge < -0.3 is 18.8 Å². The molecule has 2 aliphatic rings. The fourth-order valence-corrected chi connectivity index (χ4v) is 2.56. The average molecular weight is 333 g/mol. The number of pyridine rings is 1. The number of methoxy groups -OCH3 is 1. The van der Waals surface area contributed by atoms with Crippen LogP contribution in [0.15, 0.2) is 12.1 Å². The largest absolute Gasteiger partial charge is 0.500 e. The van der Waals surface area contributed by atoms with Crippen molar-refractivity contribution in [2.24, 2.45) is 0 Å². The van der Waals surface area contributed by atoms with Gasteiger partial charge in [0.15, 0.2) is 5.69 Å². The Morgan fingerprint density at radius 2 is 1.83 bits per heavy atom. The van der Waals surface area contributed by atoms with Gasteiger partial charge in [0.25, 0.3) is 0 Å². The summed E-state index contributed by atoms with van der Waals surface area (Å²) in [5, 5.41) is 0. The minimum absolute atomic E-state index is 0.131. The third kappa shape index (κ3) is 3.02. The SMILES string of the molecule is COC(=O)c1ccc(B2OC(C)(C)C(C)(C)O2)c(OC2CCC2)n1. The third-order valence-electron chi connectivity index (χ3n) is 5.12. The third-order valence-corrected chi connectivity index (χ3v) is 5.12. The van der Waals surface area contributed by atoms with Crippen LogP contribution in [0.2, 0.25) is 0 Å². The molecular formula is C17H24BNO5. The van der Waals surface area contributed by atoms with E-state index in [1.54, 1.807) is 12.1 Å². The first-order valence-corrected chi connectivity index (χ1v) is 8.35. The molecule has 1 aliphatic heterocycles. The number of nitrogens with zero attached hydrogens (tertiary/aromatic N) is 1. The highest BCUT2D eigenvalue weighted by Gasteiger charge is 2.52. The minimum Gasteiger partial charge on any atom is -0.475 e. The van der Waals surface area contributed by atoms with E-state index in [1.807, 2.05) is 27.7 Å². The molecular weight excluding hydrogens is 309 g/mol. The maximum atomic E-state index is 11.8. The Bertz CT molecular complexity index is 626. The van der Waals surface area contributed by atoms with Crippen LogP contribution in [0.5, 0.6) is 5.88 Å². The lowest BCUT2D eigenvalue weighted by Crippen LogP contribution is -2.41. The van der Waals surface area contributed by atoms with Gasteiger partial charge in [-0.05, 0) is 53.0 Å². The van der Waals surface area contributed by atoms with Crippen molar-refractivity contribution < 1.29 is 23.6 Å². The number of carbonyl (C=O) groups is 1. The monoisotopic (exact) mass is 333 g/mol. The van der Waals surface area contributed by atoms with Crippen molar-refractivity contribution in [3.8, 4) is 5.88 Å². The molecule has 0 unspecified atom stereocenters. The normalized spacial score (nSPS) is 22.1. The Morgan fingerprint density at radius 3 is 2.33 bits per heavy atom. The van der Waals surface area contributed by atoms with Crippen LogP contribution in [0.1, 0.15) is 57.4 Å². The van der Waals surface area contributed by atoms with Crippen molar-refractivity contribution in [3.05, 3.63) is 17.8 Å². The van der Waals surface area contributed by atoms with E-state index < -0.39 is 24.3 Å². The van der Waals surface area contributed by atoms with Crippen LogP contribution in [0.3, 0.4) is 0 Å². The lowest BCUT2D eigenvalue weighted by molar-refractivity contribution is 0.00578. The molecule has 2 heterocycles. The molecule has 2 fully saturated rings. The molecule has 1 aliphatic carbocycles. The quantitative estimate of drug-likeness (QED) is 0.621. The molecule has 3 rings (SSSR count). The molecule has 1 aromatic rings. The summed E-state index contributed by atoms with van der Waals surface area (Å²) in [6, 6.07) is 3.38. The Labute approximate surface area is 143 Å². The predicted octanol–water partition coefficient (Wildman–Crippen LogP) is 2.10. The van der Waals surface area contributed by atoms with Crippen LogP contribution in [0.4, 0.5) is 0 Å². The van der Waals surface area contributed by atoms with E-state index >= 15 is 0 Å². The summed E-state index contributed by atoms with van der Waals surface area (Å²) >= 11 is 0. The summed E-state index contributed by atoms with van der Waals surface area (Å²) in [5.74, 6) is -0.102. The fourth-order valence-electron chi connectivity index (χ4n) is 2.56. The second-order valence-corrected chi connectivity index (χ2v) is 7.34. The first-order valence-electron chi connectivity index (χ1n) is 8.35. The summed E-state index contributed by atoms with van der Waals surface area (Å²) in [6.07, 6.45) is 3.26. The number of rotatable bonds is 4. The van der Waals surface area contributed by atoms with Crippen molar-refractivity contribution in [1.82, 2.24) is 4.98 Å². The zero-order valence-corrected chi connectivity index (χ0v) is 14.9. The van der Waals surface area contributed by atoms with Gasteiger partial charge in [-0.2, -0.15) is 0 Å². The fraction of sp³-hybridized carbons (Fsp3) is 0.647. The molecule has 0 N–H and O–H groups in total. The van der Waals surface area contributed by atoms with E-state index in [9.17, 15) is 4.79 Å². The van der Waals surface area contributed by atoms with Gasteiger partial charge in [-0.25, -0.2) is 9.78 Å². The zero-order valence-electron chi connectivity index (χ0n) is 14.9. The molecule has 1 aromatic heterocycles. The Kier molecular flexibility index (Phi) is 4.34. The standard InChI is InChI=1S/C17H24BNO5/c1-16(2)17(3,4)24-18(23-16)12-9-10-13(15(20)21-5)19-14(12)22-11-7-6-8-11/h9-11H,6-8H2,1-5H3. The second-order valence-electron chi connectivity index (χ2n) is 7.34. The van der Waals surface area contributed by atoms with Gasteiger partial charge in [0.05, 0.1) is 18.3 Å². The number of aromatic nitrogens is 1. The predicted molar refractivity (Wildman–Crippen MR) is 89.6 cm³/mol. The molecule has 1 saturated carbocycles. The van der Waals surface area contributed by atoms with E-state index in [4.69, 9.17) is 18.8 Å². The Morgan fingerprint density at radius 1 is 1.21 bits per heavy atom. The summed E-state index contributed by atoms with van der Waals surface area (Å²) in [7, 11) is 0.753. The summed E-state index contributed by atoms with van der Waals surface area (Å²) < 4.78 is 22.9. The van der Waals surface area contributed by atoms with Crippen molar-refractivity contribution in [2.45, 2.75) is 64.3 Å². The van der Waals surface area contributed by atoms with Gasteiger partial charge in [-0.3, -0.25) is 0 Å². The van der Waals surface area contributed by atoms with Crippen LogP contribution >= 0.6 is 0 Å². The number of ether oxygens (including phenoxy) is 2. The van der Waals surface area contributed by atoms with Gasteiger partial charge in [0.2, 0.25) is 5.88 Å². The van der Waals surface area contributed by atoms with Crippen molar-refractivity contribution in [3.63, 3.8) is 0 Å². The average Bonchev–Trinajstić information content (AvgIpc) is 2.70. The van der Waals surface area contributed by atoms with Gasteiger partial charge in [0.1, 0.15) is 6.10 Å². The van der Waals surface area contributed by atoms with Crippen LogP contribution < -0.4 is 10.2 Å². The topological polar surface area (TPSA) is 66.9 Å². The molecule has 7 heteroatoms. The van der Waals surface area contributed by atoms with Crippen LogP contribution in [0.25, 0.3) is 0 Å². The first-order chi connectivity index (χ1) is 11.2. The van der Waals surface area contributed by atoms with Gasteiger partial charge in [0, 0.05) is 5.46 Å². The summed E-state index contributed by atoms with van der Waals surface area (Å²) in [4.78, 5) is 16.1. The molecule has 1 saturated heterocycles. The van der Waals surface area contributed by atoms with E-state index in [0.717, 1.165) is 19.3 Å². The van der Waals surface area contributed by atoms with Crippen LogP contribution in [0, 0.1) is 0 Å². The highest BCUT2D eigenvalue weighted by Crippen LogP contribution is 2.37. The maximum Gasteiger partial charge on any atom is 0.500 e. The maximum absolute atomic E-state index is 11.8. The molecule has 0 radical (unpaired) electrons. The van der Waals surface area contributed by atoms with E-state index in [2.05, 4.69) is 4.98 Å². The van der Waals surface area contributed by atoms with E-state index in [0.29, 0.717) is 11.3 Å². The van der Waals surface area contributed by atoms with E-state index in [-0.39, 0.29) is 11.8 Å². The summed E-state index contributed by atoms with van der Waals surface area (Å²) in [6.45, 7) is 7.98. The molecule has 0 atom stereocenters. The number of hydrogen-bond donors (Lipinski definition) is 0. The molecule has 0 bridgehead atoms. The minimum atomic E-state index is -0.579. The Hall–Kier alpha value is -1.60. The number of hydrogen-bond acceptors (Lipinski definition) is 6. The number of carbonyl (C=O) groups excluding carboxylic acids is 1. The highest BCUT2D eigenvalue weighted by atomic mass is 16.7. The molecule has 0 aromatic carbocycles. The summed E-state index contributed by atoms with van der Waals surface area (Å²) in [5.41, 5.74) is 0.0130. The Balaban J connectivity index is 1.93. The van der Waals surface area contributed by atoms with Crippen molar-refractivity contribution in [1.29, 1.82) is 0 Å². The molecule has 0 amide bonds. The number of esters is 1. The van der Waals surface area contributed by atoms with Crippen molar-refractivity contribution >= 4 is 18.6 Å².